The van der Waals surface area contributed by atoms with Crippen molar-refractivity contribution in [3.8, 4) is 0 Å². The molecule has 4 saturated carbocycles. The van der Waals surface area contributed by atoms with E-state index in [0.717, 1.165) is 19.3 Å². The van der Waals surface area contributed by atoms with Gasteiger partial charge in [-0.15, -0.1) is 0 Å². The van der Waals surface area contributed by atoms with E-state index in [1.165, 1.54) is 12.8 Å². The minimum Gasteiger partial charge on any atom is -0.393 e. The maximum Gasteiger partial charge on any atom is 0.101 e. The van der Waals surface area contributed by atoms with E-state index in [9.17, 15) is 20.4 Å². The van der Waals surface area contributed by atoms with Gasteiger partial charge in [-0.05, 0) is 85.9 Å². The summed E-state index contributed by atoms with van der Waals surface area (Å²) in [5, 5.41) is 44.1. The number of hydrogen-bond acceptors (Lipinski definition) is 4. The molecule has 0 heterocycles. The fraction of sp³-hybridized carbons (Fsp3) is 0.926. The Kier molecular flexibility index (Phi) is 6.21. The SMILES string of the molecule is CC(C)CC=CC(C)C1CCC2C3CC(O)C4(O)CC(O)CC(O)C4(C)C3CCC12C. The van der Waals surface area contributed by atoms with Gasteiger partial charge in [0.15, 0.2) is 0 Å². The minimum absolute atomic E-state index is 0.174. The van der Waals surface area contributed by atoms with Crippen LogP contribution in [0.3, 0.4) is 0 Å². The summed E-state index contributed by atoms with van der Waals surface area (Å²) in [7, 11) is 0. The predicted octanol–water partition coefficient (Wildman–Crippen LogP) is 4.30. The zero-order chi connectivity index (χ0) is 22.8. The number of allylic oxidation sites excluding steroid dienone is 2. The van der Waals surface area contributed by atoms with E-state index < -0.39 is 29.3 Å². The molecule has 4 heteroatoms. The Bertz CT molecular complexity index is 691. The van der Waals surface area contributed by atoms with Gasteiger partial charge in [-0.25, -0.2) is 0 Å². The molecule has 0 aromatic heterocycles. The molecule has 0 aliphatic heterocycles. The van der Waals surface area contributed by atoms with Crippen LogP contribution in [-0.2, 0) is 0 Å². The largest absolute Gasteiger partial charge is 0.393 e. The van der Waals surface area contributed by atoms with Crippen molar-refractivity contribution >= 4 is 0 Å². The molecule has 4 fully saturated rings. The van der Waals surface area contributed by atoms with Gasteiger partial charge in [-0.3, -0.25) is 0 Å². The van der Waals surface area contributed by atoms with Gasteiger partial charge in [0.1, 0.15) is 5.60 Å². The highest BCUT2D eigenvalue weighted by Crippen LogP contribution is 2.69. The molecule has 4 N–H and O–H groups in total. The van der Waals surface area contributed by atoms with Crippen molar-refractivity contribution in [3.63, 3.8) is 0 Å². The molecule has 0 radical (unpaired) electrons. The molecular formula is C27H46O4. The molecule has 178 valence electrons. The van der Waals surface area contributed by atoms with Gasteiger partial charge < -0.3 is 20.4 Å². The minimum atomic E-state index is -1.40. The summed E-state index contributed by atoms with van der Waals surface area (Å²) >= 11 is 0. The molecule has 0 spiro atoms. The number of fused-ring (bicyclic) bond motifs is 5. The summed E-state index contributed by atoms with van der Waals surface area (Å²) in [6.45, 7) is 11.4. The van der Waals surface area contributed by atoms with Gasteiger partial charge in [0, 0.05) is 11.8 Å². The van der Waals surface area contributed by atoms with Crippen LogP contribution >= 0.6 is 0 Å². The summed E-state index contributed by atoms with van der Waals surface area (Å²) in [5.74, 6) is 2.97. The molecule has 0 aromatic rings. The summed E-state index contributed by atoms with van der Waals surface area (Å²) < 4.78 is 0. The van der Waals surface area contributed by atoms with Crippen LogP contribution in [-0.4, -0.2) is 44.3 Å². The van der Waals surface area contributed by atoms with Gasteiger partial charge in [0.05, 0.1) is 18.3 Å². The summed E-state index contributed by atoms with van der Waals surface area (Å²) in [6.07, 6.45) is 9.15. The summed E-state index contributed by atoms with van der Waals surface area (Å²) in [4.78, 5) is 0. The van der Waals surface area contributed by atoms with Gasteiger partial charge in [-0.1, -0.05) is 46.8 Å². The quantitative estimate of drug-likeness (QED) is 0.497. The van der Waals surface area contributed by atoms with E-state index in [1.54, 1.807) is 0 Å². The first kappa shape index (κ1) is 23.7. The average molecular weight is 435 g/mol. The lowest BCUT2D eigenvalue weighted by atomic mass is 9.41. The average Bonchev–Trinajstić information content (AvgIpc) is 3.02. The van der Waals surface area contributed by atoms with Crippen LogP contribution in [0.5, 0.6) is 0 Å². The normalized spacial score (nSPS) is 53.3. The number of hydrogen-bond donors (Lipinski definition) is 4. The van der Waals surface area contributed by atoms with Crippen molar-refractivity contribution in [3.05, 3.63) is 12.2 Å². The smallest absolute Gasteiger partial charge is 0.101 e. The third-order valence-electron chi connectivity index (χ3n) is 10.7. The Morgan fingerprint density at radius 1 is 0.935 bits per heavy atom. The monoisotopic (exact) mass is 434 g/mol. The maximum atomic E-state index is 11.6. The lowest BCUT2D eigenvalue weighted by Gasteiger charge is -2.66. The maximum absolute atomic E-state index is 11.6. The zero-order valence-corrected chi connectivity index (χ0v) is 20.3. The second-order valence-corrected chi connectivity index (χ2v) is 12.6. The molecule has 11 unspecified atom stereocenters. The topological polar surface area (TPSA) is 80.9 Å². The van der Waals surface area contributed by atoms with Gasteiger partial charge in [0.2, 0.25) is 0 Å². The first-order valence-corrected chi connectivity index (χ1v) is 12.9. The number of rotatable bonds is 4. The van der Waals surface area contributed by atoms with Crippen LogP contribution in [0.25, 0.3) is 0 Å². The van der Waals surface area contributed by atoms with E-state index in [-0.39, 0.29) is 17.8 Å². The Morgan fingerprint density at radius 3 is 2.32 bits per heavy atom. The molecule has 11 atom stereocenters. The van der Waals surface area contributed by atoms with E-state index in [2.05, 4.69) is 39.8 Å². The van der Waals surface area contributed by atoms with E-state index in [1.807, 2.05) is 6.92 Å². The molecule has 4 aliphatic rings. The highest BCUT2D eigenvalue weighted by molar-refractivity contribution is 5.19. The van der Waals surface area contributed by atoms with Crippen LogP contribution < -0.4 is 0 Å². The molecule has 0 aromatic carbocycles. The molecule has 31 heavy (non-hydrogen) atoms. The summed E-state index contributed by atoms with van der Waals surface area (Å²) in [5.41, 5.74) is -1.89. The molecule has 0 amide bonds. The Morgan fingerprint density at radius 2 is 1.65 bits per heavy atom. The number of aliphatic hydroxyl groups excluding tert-OH is 3. The molecular weight excluding hydrogens is 388 g/mol. The first-order valence-electron chi connectivity index (χ1n) is 12.9. The Hall–Kier alpha value is -0.420. The van der Waals surface area contributed by atoms with Gasteiger partial charge >= 0.3 is 0 Å². The zero-order valence-electron chi connectivity index (χ0n) is 20.3. The van der Waals surface area contributed by atoms with E-state index in [0.29, 0.717) is 42.4 Å². The van der Waals surface area contributed by atoms with Crippen LogP contribution in [0.1, 0.15) is 86.0 Å². The van der Waals surface area contributed by atoms with Crippen molar-refractivity contribution in [2.45, 2.75) is 110 Å². The van der Waals surface area contributed by atoms with Gasteiger partial charge in [0.25, 0.3) is 0 Å². The number of aliphatic hydroxyl groups is 4. The van der Waals surface area contributed by atoms with Crippen LogP contribution in [0.15, 0.2) is 12.2 Å². The highest BCUT2D eigenvalue weighted by Gasteiger charge is 2.70. The Balaban J connectivity index is 1.60. The van der Waals surface area contributed by atoms with Crippen LogP contribution in [0.4, 0.5) is 0 Å². The highest BCUT2D eigenvalue weighted by atomic mass is 16.4. The van der Waals surface area contributed by atoms with Crippen molar-refractivity contribution in [1.82, 2.24) is 0 Å². The van der Waals surface area contributed by atoms with Crippen LogP contribution in [0, 0.1) is 46.3 Å². The fourth-order valence-corrected chi connectivity index (χ4v) is 8.93. The second-order valence-electron chi connectivity index (χ2n) is 12.6. The van der Waals surface area contributed by atoms with Crippen LogP contribution in [0.2, 0.25) is 0 Å². The summed E-state index contributed by atoms with van der Waals surface area (Å²) in [6, 6.07) is 0. The van der Waals surface area contributed by atoms with E-state index in [4.69, 9.17) is 0 Å². The predicted molar refractivity (Wildman–Crippen MR) is 123 cm³/mol. The lowest BCUT2D eigenvalue weighted by molar-refractivity contribution is -0.294. The van der Waals surface area contributed by atoms with Crippen molar-refractivity contribution < 1.29 is 20.4 Å². The van der Waals surface area contributed by atoms with Gasteiger partial charge in [-0.2, -0.15) is 0 Å². The second kappa shape index (κ2) is 8.11. The lowest BCUT2D eigenvalue weighted by Crippen LogP contribution is -2.72. The molecule has 0 saturated heterocycles. The third kappa shape index (κ3) is 3.47. The van der Waals surface area contributed by atoms with Crippen molar-refractivity contribution in [2.24, 2.45) is 46.3 Å². The van der Waals surface area contributed by atoms with Crippen molar-refractivity contribution in [1.29, 1.82) is 0 Å². The fourth-order valence-electron chi connectivity index (χ4n) is 8.93. The van der Waals surface area contributed by atoms with Crippen molar-refractivity contribution in [2.75, 3.05) is 0 Å². The van der Waals surface area contributed by atoms with E-state index >= 15 is 0 Å². The third-order valence-corrected chi connectivity index (χ3v) is 10.7. The first-order chi connectivity index (χ1) is 14.4. The molecule has 4 aliphatic carbocycles. The molecule has 4 nitrogen and oxygen atoms in total. The Labute approximate surface area is 189 Å². The standard InChI is InChI=1S/C27H46O4/c1-16(2)7-6-8-17(3)20-9-10-21-19-14-24(30)27(31)15-18(28)13-23(29)26(27,5)22(19)11-12-25(20,21)4/h6,8,16-24,28-31H,7,9-15H2,1-5H3. The molecule has 0 bridgehead atoms. The molecule has 4 rings (SSSR count).